The number of aliphatic hydroxyl groups is 1. The third kappa shape index (κ3) is 3.75. The van der Waals surface area contributed by atoms with Crippen molar-refractivity contribution in [3.8, 4) is 0 Å². The van der Waals surface area contributed by atoms with E-state index in [-0.39, 0.29) is 11.3 Å². The van der Waals surface area contributed by atoms with Crippen LogP contribution < -0.4 is 4.90 Å². The predicted octanol–water partition coefficient (Wildman–Crippen LogP) is 4.40. The lowest BCUT2D eigenvalue weighted by atomic mass is 9.62. The van der Waals surface area contributed by atoms with E-state index in [9.17, 15) is 9.90 Å². The molecule has 5 heteroatoms. The zero-order valence-electron chi connectivity index (χ0n) is 20.3. The Labute approximate surface area is 192 Å². The smallest absolute Gasteiger partial charge is 0.227 e. The van der Waals surface area contributed by atoms with Crippen LogP contribution in [0.2, 0.25) is 0 Å². The number of benzene rings is 1. The molecule has 1 aromatic heterocycles. The summed E-state index contributed by atoms with van der Waals surface area (Å²) in [6, 6.07) is 10.3. The van der Waals surface area contributed by atoms with Gasteiger partial charge in [0.2, 0.25) is 5.91 Å². The van der Waals surface area contributed by atoms with Crippen LogP contribution in [0.15, 0.2) is 42.7 Å². The quantitative estimate of drug-likeness (QED) is 0.731. The minimum Gasteiger partial charge on any atom is -0.380 e. The van der Waals surface area contributed by atoms with Crippen LogP contribution >= 0.6 is 0 Å². The molecule has 4 rings (SSSR count). The highest BCUT2D eigenvalue weighted by Crippen LogP contribution is 2.50. The van der Waals surface area contributed by atoms with Crippen LogP contribution in [-0.2, 0) is 10.4 Å². The van der Waals surface area contributed by atoms with Gasteiger partial charge in [0, 0.05) is 43.2 Å². The van der Waals surface area contributed by atoms with Crippen molar-refractivity contribution in [2.24, 2.45) is 17.3 Å². The number of likely N-dealkylation sites (tertiary alicyclic amines) is 1. The minimum atomic E-state index is -1.20. The van der Waals surface area contributed by atoms with E-state index in [1.807, 2.05) is 11.0 Å². The summed E-state index contributed by atoms with van der Waals surface area (Å²) in [5.74, 6) is 1.39. The monoisotopic (exact) mass is 435 g/mol. The standard InChI is InChI=1S/C27H37N3O2/c1-18(2)20-7-9-22(10-8-20)27(32,26(5)16-29(6)17-26)23-12-24(14-28-13-23)30-15-21(19(3)4)11-25(30)31/h7-10,12-14,18-19,21,32H,11,15-17H2,1-6H3/t21?,27-/m0/s1. The van der Waals surface area contributed by atoms with Gasteiger partial charge in [-0.3, -0.25) is 9.78 Å². The molecule has 0 bridgehead atoms. The Hall–Kier alpha value is -2.24. The number of aromatic nitrogens is 1. The van der Waals surface area contributed by atoms with Gasteiger partial charge >= 0.3 is 0 Å². The summed E-state index contributed by atoms with van der Waals surface area (Å²) in [5.41, 5.74) is 2.12. The van der Waals surface area contributed by atoms with E-state index in [1.54, 1.807) is 12.4 Å². The first kappa shape index (κ1) is 22.9. The first-order chi connectivity index (χ1) is 15.0. The Morgan fingerprint density at radius 2 is 1.75 bits per heavy atom. The van der Waals surface area contributed by atoms with E-state index in [2.05, 4.69) is 75.8 Å². The highest BCUT2D eigenvalue weighted by molar-refractivity contribution is 5.95. The summed E-state index contributed by atoms with van der Waals surface area (Å²) in [5, 5.41) is 12.4. The summed E-state index contributed by atoms with van der Waals surface area (Å²) < 4.78 is 0. The van der Waals surface area contributed by atoms with Crippen molar-refractivity contribution in [3.05, 3.63) is 59.4 Å². The zero-order chi connectivity index (χ0) is 23.3. The van der Waals surface area contributed by atoms with E-state index in [0.717, 1.165) is 29.9 Å². The number of pyridine rings is 1. The maximum Gasteiger partial charge on any atom is 0.227 e. The van der Waals surface area contributed by atoms with E-state index in [0.29, 0.717) is 30.7 Å². The molecule has 2 saturated heterocycles. The van der Waals surface area contributed by atoms with Gasteiger partial charge in [-0.05, 0) is 42.0 Å². The summed E-state index contributed by atoms with van der Waals surface area (Å²) >= 11 is 0. The SMILES string of the molecule is CC(C)c1ccc([C@](O)(c2cncc(N3CC(C(C)C)CC3=O)c2)C2(C)CN(C)C2)cc1. The van der Waals surface area contributed by atoms with Gasteiger partial charge < -0.3 is 14.9 Å². The summed E-state index contributed by atoms with van der Waals surface area (Å²) in [7, 11) is 2.08. The molecular formula is C27H37N3O2. The summed E-state index contributed by atoms with van der Waals surface area (Å²) in [6.07, 6.45) is 4.09. The molecule has 0 spiro atoms. The number of hydrogen-bond acceptors (Lipinski definition) is 4. The highest BCUT2D eigenvalue weighted by Gasteiger charge is 2.55. The first-order valence-electron chi connectivity index (χ1n) is 11.8. The van der Waals surface area contributed by atoms with E-state index < -0.39 is 5.60 Å². The number of amides is 1. The minimum absolute atomic E-state index is 0.141. The molecule has 5 nitrogen and oxygen atoms in total. The van der Waals surface area contributed by atoms with Crippen LogP contribution in [0.25, 0.3) is 0 Å². The van der Waals surface area contributed by atoms with Gasteiger partial charge in [0.05, 0.1) is 11.9 Å². The largest absolute Gasteiger partial charge is 0.380 e. The predicted molar refractivity (Wildman–Crippen MR) is 129 cm³/mol. The summed E-state index contributed by atoms with van der Waals surface area (Å²) in [4.78, 5) is 21.3. The second kappa shape index (κ2) is 8.27. The maximum atomic E-state index is 12.8. The van der Waals surface area contributed by atoms with Gasteiger partial charge in [0.25, 0.3) is 0 Å². The Balaban J connectivity index is 1.76. The molecule has 2 aliphatic rings. The number of hydrogen-bond donors (Lipinski definition) is 1. The second-order valence-corrected chi connectivity index (χ2v) is 10.9. The number of carbonyl (C=O) groups is 1. The van der Waals surface area contributed by atoms with Crippen LogP contribution in [0, 0.1) is 17.3 Å². The lowest BCUT2D eigenvalue weighted by Crippen LogP contribution is -2.63. The molecule has 2 aliphatic heterocycles. The van der Waals surface area contributed by atoms with Crippen molar-refractivity contribution in [2.75, 3.05) is 31.6 Å². The molecule has 3 heterocycles. The fourth-order valence-electron chi connectivity index (χ4n) is 5.55. The van der Waals surface area contributed by atoms with Gasteiger partial charge in [0.15, 0.2) is 0 Å². The van der Waals surface area contributed by atoms with Crippen molar-refractivity contribution in [1.82, 2.24) is 9.88 Å². The molecule has 1 aromatic carbocycles. The van der Waals surface area contributed by atoms with E-state index >= 15 is 0 Å². The van der Waals surface area contributed by atoms with Gasteiger partial charge in [-0.1, -0.05) is 58.9 Å². The molecule has 2 atom stereocenters. The third-order valence-electron chi connectivity index (χ3n) is 7.66. The Bertz CT molecular complexity index is 979. The molecule has 0 aliphatic carbocycles. The van der Waals surface area contributed by atoms with E-state index in [4.69, 9.17) is 0 Å². The molecule has 32 heavy (non-hydrogen) atoms. The Morgan fingerprint density at radius 3 is 2.28 bits per heavy atom. The molecular weight excluding hydrogens is 398 g/mol. The van der Waals surface area contributed by atoms with Crippen LogP contribution in [0.3, 0.4) is 0 Å². The fraction of sp³-hybridized carbons (Fsp3) is 0.556. The number of rotatable bonds is 6. The Kier molecular flexibility index (Phi) is 5.93. The van der Waals surface area contributed by atoms with Crippen LogP contribution in [0.5, 0.6) is 0 Å². The van der Waals surface area contributed by atoms with Crippen molar-refractivity contribution in [2.45, 2.75) is 52.6 Å². The van der Waals surface area contributed by atoms with Gasteiger partial charge in [-0.25, -0.2) is 0 Å². The fourth-order valence-corrected chi connectivity index (χ4v) is 5.55. The lowest BCUT2D eigenvalue weighted by molar-refractivity contribution is -0.127. The van der Waals surface area contributed by atoms with Gasteiger partial charge in [0.1, 0.15) is 5.60 Å². The topological polar surface area (TPSA) is 56.7 Å². The molecule has 2 fully saturated rings. The van der Waals surface area contributed by atoms with Crippen LogP contribution in [-0.4, -0.2) is 47.6 Å². The van der Waals surface area contributed by atoms with Crippen molar-refractivity contribution < 1.29 is 9.90 Å². The van der Waals surface area contributed by atoms with Crippen molar-refractivity contribution in [3.63, 3.8) is 0 Å². The molecule has 0 saturated carbocycles. The van der Waals surface area contributed by atoms with E-state index in [1.165, 1.54) is 5.56 Å². The van der Waals surface area contributed by atoms with Crippen molar-refractivity contribution >= 4 is 11.6 Å². The molecule has 2 aromatic rings. The lowest BCUT2D eigenvalue weighted by Gasteiger charge is -2.56. The van der Waals surface area contributed by atoms with Gasteiger partial charge in [-0.15, -0.1) is 0 Å². The Morgan fingerprint density at radius 1 is 1.09 bits per heavy atom. The molecule has 1 N–H and O–H groups in total. The number of nitrogens with zero attached hydrogens (tertiary/aromatic N) is 3. The molecule has 172 valence electrons. The highest BCUT2D eigenvalue weighted by atomic mass is 16.3. The van der Waals surface area contributed by atoms with Crippen LogP contribution in [0.4, 0.5) is 5.69 Å². The average Bonchev–Trinajstić information content (AvgIpc) is 3.14. The second-order valence-electron chi connectivity index (χ2n) is 10.9. The third-order valence-corrected chi connectivity index (χ3v) is 7.66. The normalized spacial score (nSPS) is 23.0. The first-order valence-corrected chi connectivity index (χ1v) is 11.8. The van der Waals surface area contributed by atoms with Gasteiger partial charge in [-0.2, -0.15) is 0 Å². The number of carbonyl (C=O) groups excluding carboxylic acids is 1. The number of anilines is 1. The molecule has 1 amide bonds. The van der Waals surface area contributed by atoms with Crippen molar-refractivity contribution in [1.29, 1.82) is 0 Å². The maximum absolute atomic E-state index is 12.8. The van der Waals surface area contributed by atoms with Crippen LogP contribution in [0.1, 0.15) is 63.6 Å². The average molecular weight is 436 g/mol. The zero-order valence-corrected chi connectivity index (χ0v) is 20.3. The summed E-state index contributed by atoms with van der Waals surface area (Å²) in [6.45, 7) is 13.1. The molecule has 0 radical (unpaired) electrons. The molecule has 1 unspecified atom stereocenters.